The van der Waals surface area contributed by atoms with Crippen molar-refractivity contribution in [3.05, 3.63) is 34.9 Å². The van der Waals surface area contributed by atoms with Gasteiger partial charge in [-0.2, -0.15) is 0 Å². The summed E-state index contributed by atoms with van der Waals surface area (Å²) < 4.78 is 0. The van der Waals surface area contributed by atoms with Gasteiger partial charge in [0.05, 0.1) is 5.60 Å². The molecule has 0 amide bonds. The van der Waals surface area contributed by atoms with Crippen LogP contribution in [0, 0.1) is 0 Å². The number of rotatable bonds is 7. The molecule has 0 aliphatic rings. The predicted octanol–water partition coefficient (Wildman–Crippen LogP) is 2.82. The lowest BCUT2D eigenvalue weighted by Crippen LogP contribution is -2.39. The van der Waals surface area contributed by atoms with E-state index in [0.29, 0.717) is 6.54 Å². The van der Waals surface area contributed by atoms with E-state index >= 15 is 0 Å². The highest BCUT2D eigenvalue weighted by atomic mass is 35.5. The van der Waals surface area contributed by atoms with Gasteiger partial charge in [-0.3, -0.25) is 0 Å². The van der Waals surface area contributed by atoms with Crippen LogP contribution in [-0.2, 0) is 0 Å². The first-order valence-corrected chi connectivity index (χ1v) is 7.15. The number of likely N-dealkylation sites (N-methyl/N-ethyl adjacent to an activating group) is 1. The fourth-order valence-corrected chi connectivity index (χ4v) is 2.32. The smallest absolute Gasteiger partial charge is 0.0718 e. The van der Waals surface area contributed by atoms with Crippen molar-refractivity contribution in [1.82, 2.24) is 4.90 Å². The fourth-order valence-electron chi connectivity index (χ4n) is 2.12. The zero-order chi connectivity index (χ0) is 14.5. The van der Waals surface area contributed by atoms with E-state index in [1.54, 1.807) is 0 Å². The molecule has 1 unspecified atom stereocenters. The van der Waals surface area contributed by atoms with Crippen molar-refractivity contribution in [1.29, 1.82) is 0 Å². The van der Waals surface area contributed by atoms with Gasteiger partial charge < -0.3 is 15.7 Å². The number of benzene rings is 1. The van der Waals surface area contributed by atoms with Crippen LogP contribution in [0.1, 0.15) is 38.8 Å². The third kappa shape index (κ3) is 6.39. The molecular formula is C15H25ClN2O. The Kier molecular flexibility index (Phi) is 6.27. The van der Waals surface area contributed by atoms with E-state index in [2.05, 4.69) is 11.8 Å². The topological polar surface area (TPSA) is 49.5 Å². The molecule has 0 aliphatic heterocycles. The Hall–Kier alpha value is -0.610. The van der Waals surface area contributed by atoms with Gasteiger partial charge in [0.15, 0.2) is 0 Å². The van der Waals surface area contributed by atoms with Gasteiger partial charge in [-0.1, -0.05) is 30.7 Å². The number of hydrogen-bond acceptors (Lipinski definition) is 3. The van der Waals surface area contributed by atoms with Gasteiger partial charge in [-0.15, -0.1) is 0 Å². The molecule has 108 valence electrons. The predicted molar refractivity (Wildman–Crippen MR) is 81.4 cm³/mol. The summed E-state index contributed by atoms with van der Waals surface area (Å²) in [5.41, 5.74) is 6.57. The van der Waals surface area contributed by atoms with E-state index in [4.69, 9.17) is 17.3 Å². The van der Waals surface area contributed by atoms with Gasteiger partial charge in [0.1, 0.15) is 0 Å². The summed E-state index contributed by atoms with van der Waals surface area (Å²) in [7, 11) is 0. The van der Waals surface area contributed by atoms with Crippen LogP contribution in [0.15, 0.2) is 24.3 Å². The summed E-state index contributed by atoms with van der Waals surface area (Å²) in [6, 6.07) is 7.67. The van der Waals surface area contributed by atoms with E-state index in [0.717, 1.165) is 30.1 Å². The Balaban J connectivity index is 2.50. The van der Waals surface area contributed by atoms with Crippen LogP contribution in [0.3, 0.4) is 0 Å². The average Bonchev–Trinajstić information content (AvgIpc) is 2.32. The molecule has 3 N–H and O–H groups in total. The highest BCUT2D eigenvalue weighted by molar-refractivity contribution is 6.30. The molecule has 0 bridgehead atoms. The Morgan fingerprint density at radius 2 is 2.11 bits per heavy atom. The summed E-state index contributed by atoms with van der Waals surface area (Å²) in [6.07, 6.45) is 0.851. The second-order valence-electron chi connectivity index (χ2n) is 5.63. The quantitative estimate of drug-likeness (QED) is 0.809. The average molecular weight is 285 g/mol. The molecular weight excluding hydrogens is 260 g/mol. The third-order valence-corrected chi connectivity index (χ3v) is 3.33. The molecule has 0 radical (unpaired) electrons. The summed E-state index contributed by atoms with van der Waals surface area (Å²) in [5.74, 6) is 0. The Morgan fingerprint density at radius 1 is 1.42 bits per heavy atom. The molecule has 0 saturated carbocycles. The van der Waals surface area contributed by atoms with Gasteiger partial charge in [0.2, 0.25) is 0 Å². The van der Waals surface area contributed by atoms with Crippen molar-refractivity contribution >= 4 is 11.6 Å². The minimum Gasteiger partial charge on any atom is -0.389 e. The van der Waals surface area contributed by atoms with Crippen LogP contribution >= 0.6 is 11.6 Å². The molecule has 3 nitrogen and oxygen atoms in total. The third-order valence-electron chi connectivity index (χ3n) is 3.09. The van der Waals surface area contributed by atoms with Crippen LogP contribution in [0.4, 0.5) is 0 Å². The molecule has 1 atom stereocenters. The summed E-state index contributed by atoms with van der Waals surface area (Å²) in [6.45, 7) is 8.18. The molecule has 0 aromatic heterocycles. The molecule has 0 aliphatic carbocycles. The first-order chi connectivity index (χ1) is 8.81. The first kappa shape index (κ1) is 16.4. The van der Waals surface area contributed by atoms with Gasteiger partial charge in [0.25, 0.3) is 0 Å². The van der Waals surface area contributed by atoms with E-state index in [1.165, 1.54) is 0 Å². The van der Waals surface area contributed by atoms with Gasteiger partial charge in [-0.05, 0) is 44.5 Å². The Morgan fingerprint density at radius 3 is 2.63 bits per heavy atom. The molecule has 1 aromatic rings. The lowest BCUT2D eigenvalue weighted by molar-refractivity contribution is 0.0370. The number of nitrogens with zero attached hydrogens (tertiary/aromatic N) is 1. The van der Waals surface area contributed by atoms with Crippen LogP contribution in [0.5, 0.6) is 0 Å². The molecule has 0 spiro atoms. The number of aliphatic hydroxyl groups is 1. The zero-order valence-electron chi connectivity index (χ0n) is 12.1. The number of halogens is 1. The van der Waals surface area contributed by atoms with Gasteiger partial charge in [-0.25, -0.2) is 0 Å². The van der Waals surface area contributed by atoms with Crippen LogP contribution in [0.2, 0.25) is 5.02 Å². The largest absolute Gasteiger partial charge is 0.389 e. The second-order valence-corrected chi connectivity index (χ2v) is 6.07. The lowest BCUT2D eigenvalue weighted by Gasteiger charge is -2.28. The maximum atomic E-state index is 9.85. The molecule has 1 rings (SSSR count). The minimum absolute atomic E-state index is 0.0189. The number of nitrogens with two attached hydrogens (primary N) is 1. The lowest BCUT2D eigenvalue weighted by atomic mass is 10.0. The zero-order valence-corrected chi connectivity index (χ0v) is 12.8. The van der Waals surface area contributed by atoms with Crippen molar-refractivity contribution in [3.8, 4) is 0 Å². The van der Waals surface area contributed by atoms with Gasteiger partial charge >= 0.3 is 0 Å². The maximum Gasteiger partial charge on any atom is 0.0718 e. The van der Waals surface area contributed by atoms with E-state index in [9.17, 15) is 5.11 Å². The second kappa shape index (κ2) is 7.25. The van der Waals surface area contributed by atoms with E-state index in [1.807, 2.05) is 38.1 Å². The highest BCUT2D eigenvalue weighted by Gasteiger charge is 2.18. The monoisotopic (exact) mass is 284 g/mol. The molecule has 0 fully saturated rings. The SMILES string of the molecule is CCN(CCC(N)c1cccc(Cl)c1)CC(C)(C)O. The molecule has 0 saturated heterocycles. The first-order valence-electron chi connectivity index (χ1n) is 6.77. The van der Waals surface area contributed by atoms with Crippen molar-refractivity contribution in [3.63, 3.8) is 0 Å². The van der Waals surface area contributed by atoms with Crippen LogP contribution in [-0.4, -0.2) is 35.2 Å². The van der Waals surface area contributed by atoms with Crippen molar-refractivity contribution in [2.24, 2.45) is 5.73 Å². The van der Waals surface area contributed by atoms with E-state index in [-0.39, 0.29) is 6.04 Å². The fraction of sp³-hybridized carbons (Fsp3) is 0.600. The molecule has 19 heavy (non-hydrogen) atoms. The standard InChI is InChI=1S/C15H25ClN2O/c1-4-18(11-15(2,3)19)9-8-14(17)12-6-5-7-13(16)10-12/h5-7,10,14,19H,4,8-9,11,17H2,1-3H3. The van der Waals surface area contributed by atoms with Crippen molar-refractivity contribution in [2.75, 3.05) is 19.6 Å². The normalized spacial score (nSPS) is 13.8. The maximum absolute atomic E-state index is 9.85. The van der Waals surface area contributed by atoms with Crippen molar-refractivity contribution < 1.29 is 5.11 Å². The Labute approximate surface area is 121 Å². The van der Waals surface area contributed by atoms with Crippen molar-refractivity contribution in [2.45, 2.75) is 38.8 Å². The summed E-state index contributed by atoms with van der Waals surface area (Å²) in [4.78, 5) is 2.21. The van der Waals surface area contributed by atoms with E-state index < -0.39 is 5.60 Å². The highest BCUT2D eigenvalue weighted by Crippen LogP contribution is 2.19. The minimum atomic E-state index is -0.670. The molecule has 1 aromatic carbocycles. The van der Waals surface area contributed by atoms with Crippen LogP contribution < -0.4 is 5.73 Å². The van der Waals surface area contributed by atoms with Crippen LogP contribution in [0.25, 0.3) is 0 Å². The summed E-state index contributed by atoms with van der Waals surface area (Å²) in [5, 5.41) is 10.6. The Bertz CT molecular complexity index is 390. The summed E-state index contributed by atoms with van der Waals surface area (Å²) >= 11 is 5.97. The molecule has 4 heteroatoms. The number of hydrogen-bond donors (Lipinski definition) is 2. The molecule has 0 heterocycles. The van der Waals surface area contributed by atoms with Gasteiger partial charge in [0, 0.05) is 24.2 Å².